The molecule has 0 heterocycles. The Hall–Kier alpha value is -3.24. The van der Waals surface area contributed by atoms with Gasteiger partial charge in [-0.2, -0.15) is 0 Å². The molecule has 9 heteroatoms. The molecule has 2 aromatic rings. The topological polar surface area (TPSA) is 153 Å². The Kier molecular flexibility index (Phi) is 13.1. The molecule has 0 amide bonds. The third-order valence-electron chi connectivity index (χ3n) is 4.47. The summed E-state index contributed by atoms with van der Waals surface area (Å²) in [6.45, 7) is 7.16. The van der Waals surface area contributed by atoms with Gasteiger partial charge in [-0.1, -0.05) is 48.5 Å². The molecule has 5 N–H and O–H groups in total. The molecule has 0 radical (unpaired) electrons. The predicted octanol–water partition coefficient (Wildman–Crippen LogP) is -0.365. The van der Waals surface area contributed by atoms with Crippen LogP contribution in [0.15, 0.2) is 67.3 Å². The summed E-state index contributed by atoms with van der Waals surface area (Å²) in [5.74, 6) is -3.24. The van der Waals surface area contributed by atoms with E-state index >= 15 is 0 Å². The lowest BCUT2D eigenvalue weighted by Gasteiger charge is -2.19. The van der Waals surface area contributed by atoms with E-state index in [1.54, 1.807) is 6.08 Å². The van der Waals surface area contributed by atoms with E-state index in [4.69, 9.17) is 29.3 Å². The molecule has 180 valence electrons. The van der Waals surface area contributed by atoms with Gasteiger partial charge in [-0.25, -0.2) is 4.79 Å². The molecule has 2 rings (SSSR count). The fraction of sp³-hybridized carbons (Fsp3) is 0.333. The van der Waals surface area contributed by atoms with Crippen LogP contribution in [0.4, 0.5) is 0 Å². The molecule has 0 spiro atoms. The van der Waals surface area contributed by atoms with Crippen molar-refractivity contribution in [1.82, 2.24) is 0 Å². The molecule has 33 heavy (non-hydrogen) atoms. The Morgan fingerprint density at radius 2 is 1.73 bits per heavy atom. The number of carbonyl (C=O) groups is 2. The van der Waals surface area contributed by atoms with Crippen molar-refractivity contribution in [1.29, 1.82) is 0 Å². The molecule has 0 aliphatic heterocycles. The van der Waals surface area contributed by atoms with Gasteiger partial charge in [-0.15, -0.1) is 6.58 Å². The second kappa shape index (κ2) is 15.5. The number of carbonyl (C=O) groups excluding carboxylic acids is 1. The molecule has 0 bridgehead atoms. The van der Waals surface area contributed by atoms with Gasteiger partial charge in [0.25, 0.3) is 0 Å². The summed E-state index contributed by atoms with van der Waals surface area (Å²) in [5, 5.41) is 38.6. The number of aliphatic carboxylic acids is 2. The molecule has 0 saturated carbocycles. The number of carboxylic acids is 2. The number of nitrogens with two attached hydrogens (primary N) is 1. The first-order valence-electron chi connectivity index (χ1n) is 10.3. The van der Waals surface area contributed by atoms with E-state index < -0.39 is 24.1 Å². The zero-order valence-electron chi connectivity index (χ0n) is 18.5. The summed E-state index contributed by atoms with van der Waals surface area (Å²) in [4.78, 5) is 18.0. The Morgan fingerprint density at radius 1 is 1.12 bits per heavy atom. The number of hydrogen-bond acceptors (Lipinski definition) is 7. The van der Waals surface area contributed by atoms with Crippen molar-refractivity contribution >= 4 is 11.9 Å². The first-order valence-corrected chi connectivity index (χ1v) is 10.3. The van der Waals surface area contributed by atoms with Crippen molar-refractivity contribution in [2.75, 3.05) is 19.8 Å². The molecular formula is C24H31NO8. The first kappa shape index (κ1) is 27.8. The van der Waals surface area contributed by atoms with Gasteiger partial charge >= 0.3 is 5.97 Å². The molecule has 0 aliphatic rings. The third-order valence-corrected chi connectivity index (χ3v) is 4.47. The summed E-state index contributed by atoms with van der Waals surface area (Å²) < 4.78 is 11.0. The summed E-state index contributed by atoms with van der Waals surface area (Å²) in [7, 11) is 0. The van der Waals surface area contributed by atoms with E-state index in [0.717, 1.165) is 16.9 Å². The van der Waals surface area contributed by atoms with E-state index in [9.17, 15) is 10.2 Å². The Balaban J connectivity index is 0.000000801. The lowest BCUT2D eigenvalue weighted by atomic mass is 10.0. The number of quaternary nitrogens is 1. The Bertz CT molecular complexity index is 829. The van der Waals surface area contributed by atoms with Gasteiger partial charge in [0.05, 0.1) is 13.2 Å². The molecule has 0 aromatic heterocycles. The van der Waals surface area contributed by atoms with Gasteiger partial charge in [0.2, 0.25) is 0 Å². The molecule has 3 unspecified atom stereocenters. The minimum atomic E-state index is -2.07. The number of aliphatic hydroxyl groups excluding tert-OH is 2. The molecule has 3 atom stereocenters. The standard InChI is InChI=1S/C22H29NO4.C2H2O4/c1-3-13-26-16-20(24)14-23-17(2)22(25)19-9-11-21(12-10-19)27-15-18-7-5-4-6-8-18;3-1(4)2(5)6/h3-12,17,20,22-25H,1,13-16H2,2H3;(H,3,4)(H,5,6). The minimum Gasteiger partial charge on any atom is -0.539 e. The zero-order valence-corrected chi connectivity index (χ0v) is 18.5. The van der Waals surface area contributed by atoms with Crippen LogP contribution in [-0.2, 0) is 20.9 Å². The maximum absolute atomic E-state index is 10.5. The zero-order chi connectivity index (χ0) is 24.6. The summed E-state index contributed by atoms with van der Waals surface area (Å²) in [6.07, 6.45) is 0.443. The highest BCUT2D eigenvalue weighted by atomic mass is 16.5. The van der Waals surface area contributed by atoms with E-state index in [0.29, 0.717) is 19.8 Å². The van der Waals surface area contributed by atoms with Crippen LogP contribution in [-0.4, -0.2) is 59.2 Å². The molecular weight excluding hydrogens is 430 g/mol. The molecule has 9 nitrogen and oxygen atoms in total. The molecule has 0 saturated heterocycles. The normalized spacial score (nSPS) is 13.1. The highest BCUT2D eigenvalue weighted by Crippen LogP contribution is 2.20. The Morgan fingerprint density at radius 3 is 2.27 bits per heavy atom. The summed E-state index contributed by atoms with van der Waals surface area (Å²) in [5.41, 5.74) is 1.93. The van der Waals surface area contributed by atoms with E-state index in [1.807, 2.05) is 66.8 Å². The van der Waals surface area contributed by atoms with Crippen LogP contribution >= 0.6 is 0 Å². The highest BCUT2D eigenvalue weighted by Gasteiger charge is 2.20. The van der Waals surface area contributed by atoms with Gasteiger partial charge in [0.1, 0.15) is 37.2 Å². The maximum atomic E-state index is 10.5. The van der Waals surface area contributed by atoms with E-state index in [2.05, 4.69) is 6.58 Å². The van der Waals surface area contributed by atoms with Gasteiger partial charge in [0.15, 0.2) is 5.97 Å². The SMILES string of the molecule is C=CCOCC(O)C[NH2+]C(C)C(O)c1ccc(OCc2ccccc2)cc1.O=C([O-])C(=O)O. The number of rotatable bonds is 12. The highest BCUT2D eigenvalue weighted by molar-refractivity contribution is 6.26. The van der Waals surface area contributed by atoms with Crippen LogP contribution < -0.4 is 15.2 Å². The van der Waals surface area contributed by atoms with Crippen molar-refractivity contribution in [2.24, 2.45) is 0 Å². The second-order valence-electron chi connectivity index (χ2n) is 7.19. The van der Waals surface area contributed by atoms with Crippen LogP contribution in [0.5, 0.6) is 5.75 Å². The van der Waals surface area contributed by atoms with Crippen LogP contribution in [0.3, 0.4) is 0 Å². The molecule has 0 fully saturated rings. The predicted molar refractivity (Wildman–Crippen MR) is 118 cm³/mol. The quantitative estimate of drug-likeness (QED) is 0.190. The van der Waals surface area contributed by atoms with Crippen molar-refractivity contribution in [2.45, 2.75) is 31.8 Å². The lowest BCUT2D eigenvalue weighted by molar-refractivity contribution is -0.699. The number of hydrogen-bond donors (Lipinski definition) is 4. The second-order valence-corrected chi connectivity index (χ2v) is 7.19. The average molecular weight is 462 g/mol. The maximum Gasteiger partial charge on any atom is 0.351 e. The number of aliphatic hydroxyl groups is 2. The van der Waals surface area contributed by atoms with Gasteiger partial charge in [-0.05, 0) is 30.2 Å². The first-order chi connectivity index (χ1) is 15.7. The fourth-order valence-electron chi connectivity index (χ4n) is 2.66. The summed E-state index contributed by atoms with van der Waals surface area (Å²) >= 11 is 0. The number of ether oxygens (including phenoxy) is 2. The van der Waals surface area contributed by atoms with Crippen LogP contribution in [0.1, 0.15) is 24.2 Å². The Labute approximate surface area is 192 Å². The minimum absolute atomic E-state index is 0.0878. The van der Waals surface area contributed by atoms with Gasteiger partial charge in [-0.3, -0.25) is 0 Å². The fourth-order valence-corrected chi connectivity index (χ4v) is 2.66. The summed E-state index contributed by atoms with van der Waals surface area (Å²) in [6, 6.07) is 17.4. The lowest BCUT2D eigenvalue weighted by Crippen LogP contribution is -2.92. The van der Waals surface area contributed by atoms with Gasteiger partial charge in [0, 0.05) is 0 Å². The number of carboxylic acid groups (broad SMARTS) is 2. The van der Waals surface area contributed by atoms with E-state index in [1.165, 1.54) is 0 Å². The van der Waals surface area contributed by atoms with Crippen molar-refractivity contribution in [3.8, 4) is 5.75 Å². The van der Waals surface area contributed by atoms with Gasteiger partial charge < -0.3 is 40.0 Å². The largest absolute Gasteiger partial charge is 0.539 e. The van der Waals surface area contributed by atoms with Crippen LogP contribution in [0.2, 0.25) is 0 Å². The molecule has 0 aliphatic carbocycles. The molecule has 2 aromatic carbocycles. The number of benzene rings is 2. The third kappa shape index (κ3) is 11.8. The van der Waals surface area contributed by atoms with E-state index in [-0.39, 0.29) is 12.6 Å². The van der Waals surface area contributed by atoms with Crippen LogP contribution in [0, 0.1) is 0 Å². The van der Waals surface area contributed by atoms with Crippen molar-refractivity contribution in [3.05, 3.63) is 78.4 Å². The smallest absolute Gasteiger partial charge is 0.351 e. The van der Waals surface area contributed by atoms with Crippen molar-refractivity contribution in [3.63, 3.8) is 0 Å². The average Bonchev–Trinajstić information content (AvgIpc) is 2.82. The van der Waals surface area contributed by atoms with Crippen LogP contribution in [0.25, 0.3) is 0 Å². The monoisotopic (exact) mass is 461 g/mol. The van der Waals surface area contributed by atoms with Crippen molar-refractivity contribution < 1.29 is 44.8 Å².